The van der Waals surface area contributed by atoms with Crippen LogP contribution in [0.1, 0.15) is 30.6 Å². The van der Waals surface area contributed by atoms with E-state index in [0.717, 1.165) is 0 Å². The lowest BCUT2D eigenvalue weighted by Crippen LogP contribution is -2.42. The highest BCUT2D eigenvalue weighted by molar-refractivity contribution is 9.10. The molecule has 6 heteroatoms. The molecule has 1 atom stereocenters. The first-order chi connectivity index (χ1) is 9.88. The van der Waals surface area contributed by atoms with Crippen LogP contribution in [0.5, 0.6) is 5.75 Å². The maximum atomic E-state index is 12.2. The largest absolute Gasteiger partial charge is 0.496 e. The number of benzene rings is 1. The van der Waals surface area contributed by atoms with Crippen molar-refractivity contribution in [2.45, 2.75) is 26.3 Å². The summed E-state index contributed by atoms with van der Waals surface area (Å²) in [6.45, 7) is 3.96. The first-order valence-corrected chi connectivity index (χ1v) is 7.40. The number of ether oxygens (including phenoxy) is 2. The van der Waals surface area contributed by atoms with Gasteiger partial charge in [-0.2, -0.15) is 0 Å². The second-order valence-electron chi connectivity index (χ2n) is 5.03. The van der Waals surface area contributed by atoms with Crippen LogP contribution in [0.2, 0.25) is 0 Å². The average Bonchev–Trinajstić information content (AvgIpc) is 2.44. The lowest BCUT2D eigenvalue weighted by molar-refractivity contribution is -0.143. The summed E-state index contributed by atoms with van der Waals surface area (Å²) in [6, 6.07) is 4.33. The highest BCUT2D eigenvalue weighted by atomic mass is 79.9. The molecule has 0 aliphatic rings. The zero-order valence-electron chi connectivity index (χ0n) is 12.6. The van der Waals surface area contributed by atoms with Crippen LogP contribution in [0.4, 0.5) is 0 Å². The minimum absolute atomic E-state index is 0.261. The summed E-state index contributed by atoms with van der Waals surface area (Å²) in [6.07, 6.45) is 0.524. The first kappa shape index (κ1) is 17.5. The third-order valence-electron chi connectivity index (χ3n) is 2.91. The van der Waals surface area contributed by atoms with Gasteiger partial charge in [-0.3, -0.25) is 4.79 Å². The van der Waals surface area contributed by atoms with Gasteiger partial charge in [0, 0.05) is 5.56 Å². The summed E-state index contributed by atoms with van der Waals surface area (Å²) in [5.41, 5.74) is 0.445. The Hall–Kier alpha value is -1.56. The Morgan fingerprint density at radius 1 is 1.29 bits per heavy atom. The number of methoxy groups -OCH3 is 2. The maximum absolute atomic E-state index is 12.2. The molecule has 1 rings (SSSR count). The van der Waals surface area contributed by atoms with E-state index < -0.39 is 12.0 Å². The van der Waals surface area contributed by atoms with E-state index in [-0.39, 0.29) is 11.8 Å². The fraction of sp³-hybridized carbons (Fsp3) is 0.467. The van der Waals surface area contributed by atoms with Crippen LogP contribution < -0.4 is 10.1 Å². The molecular formula is C15H20BrNO4. The predicted octanol–water partition coefficient (Wildman–Crippen LogP) is 2.78. The number of rotatable bonds is 6. The third-order valence-corrected chi connectivity index (χ3v) is 3.53. The van der Waals surface area contributed by atoms with Gasteiger partial charge in [0.05, 0.1) is 18.7 Å². The van der Waals surface area contributed by atoms with Gasteiger partial charge in [-0.1, -0.05) is 13.8 Å². The lowest BCUT2D eigenvalue weighted by Gasteiger charge is -2.18. The zero-order chi connectivity index (χ0) is 16.0. The van der Waals surface area contributed by atoms with Crippen LogP contribution in [-0.2, 0) is 9.53 Å². The number of hydrogen-bond acceptors (Lipinski definition) is 4. The normalized spacial score (nSPS) is 11.9. The molecular weight excluding hydrogens is 338 g/mol. The van der Waals surface area contributed by atoms with E-state index in [9.17, 15) is 9.59 Å². The summed E-state index contributed by atoms with van der Waals surface area (Å²) in [5, 5.41) is 2.70. The number of halogens is 1. The van der Waals surface area contributed by atoms with Crippen molar-refractivity contribution in [2.75, 3.05) is 14.2 Å². The summed E-state index contributed by atoms with van der Waals surface area (Å²) < 4.78 is 10.5. The Morgan fingerprint density at radius 2 is 1.95 bits per heavy atom. The van der Waals surface area contributed by atoms with E-state index in [4.69, 9.17) is 9.47 Å². The first-order valence-electron chi connectivity index (χ1n) is 6.61. The number of amides is 1. The molecule has 0 saturated carbocycles. The van der Waals surface area contributed by atoms with Gasteiger partial charge in [0.2, 0.25) is 0 Å². The molecule has 1 amide bonds. The van der Waals surface area contributed by atoms with Crippen molar-refractivity contribution in [3.05, 3.63) is 28.2 Å². The molecule has 0 fully saturated rings. The van der Waals surface area contributed by atoms with Gasteiger partial charge in [0.15, 0.2) is 0 Å². The Labute approximate surface area is 133 Å². The molecule has 5 nitrogen and oxygen atoms in total. The van der Waals surface area contributed by atoms with Crippen molar-refractivity contribution in [1.82, 2.24) is 5.32 Å². The third kappa shape index (κ3) is 5.04. The van der Waals surface area contributed by atoms with Crippen LogP contribution in [0, 0.1) is 5.92 Å². The summed E-state index contributed by atoms with van der Waals surface area (Å²) in [4.78, 5) is 23.9. The minimum atomic E-state index is -0.650. The molecule has 0 bridgehead atoms. The minimum Gasteiger partial charge on any atom is -0.496 e. The zero-order valence-corrected chi connectivity index (χ0v) is 14.2. The standard InChI is InChI=1S/C15H20BrNO4/c1-9(2)7-12(15(19)21-4)17-14(18)10-5-6-13(20-3)11(16)8-10/h5-6,8-9,12H,7H2,1-4H3,(H,17,18). The molecule has 1 N–H and O–H groups in total. The number of carbonyl (C=O) groups excluding carboxylic acids is 2. The number of hydrogen-bond donors (Lipinski definition) is 1. The second-order valence-corrected chi connectivity index (χ2v) is 5.88. The number of esters is 1. The molecule has 0 aliphatic carbocycles. The monoisotopic (exact) mass is 357 g/mol. The molecule has 1 aromatic rings. The van der Waals surface area contributed by atoms with E-state index in [1.54, 1.807) is 25.3 Å². The summed E-state index contributed by atoms with van der Waals surface area (Å²) in [7, 11) is 2.86. The average molecular weight is 358 g/mol. The van der Waals surface area contributed by atoms with Crippen molar-refractivity contribution in [1.29, 1.82) is 0 Å². The Morgan fingerprint density at radius 3 is 2.43 bits per heavy atom. The van der Waals surface area contributed by atoms with Crippen molar-refractivity contribution in [3.8, 4) is 5.75 Å². The van der Waals surface area contributed by atoms with E-state index in [2.05, 4.69) is 21.2 Å². The van der Waals surface area contributed by atoms with Gasteiger partial charge in [0.1, 0.15) is 11.8 Å². The molecule has 1 aromatic carbocycles. The predicted molar refractivity (Wildman–Crippen MR) is 83.4 cm³/mol. The topological polar surface area (TPSA) is 64.6 Å². The van der Waals surface area contributed by atoms with Crippen molar-refractivity contribution in [3.63, 3.8) is 0 Å². The van der Waals surface area contributed by atoms with Gasteiger partial charge in [-0.05, 0) is 46.5 Å². The van der Waals surface area contributed by atoms with Crippen LogP contribution in [-0.4, -0.2) is 32.1 Å². The Balaban J connectivity index is 2.86. The summed E-state index contributed by atoms with van der Waals surface area (Å²) in [5.74, 6) is 0.134. The Kier molecular flexibility index (Phi) is 6.68. The Bertz CT molecular complexity index is 516. The molecule has 0 saturated heterocycles. The van der Waals surface area contributed by atoms with E-state index in [1.807, 2.05) is 13.8 Å². The number of nitrogens with one attached hydrogen (secondary N) is 1. The highest BCUT2D eigenvalue weighted by Crippen LogP contribution is 2.25. The highest BCUT2D eigenvalue weighted by Gasteiger charge is 2.23. The molecule has 0 radical (unpaired) electrons. The molecule has 1 unspecified atom stereocenters. The van der Waals surface area contributed by atoms with Crippen molar-refractivity contribution < 1.29 is 19.1 Å². The molecule has 0 heterocycles. The number of carbonyl (C=O) groups is 2. The second kappa shape index (κ2) is 8.02. The quantitative estimate of drug-likeness (QED) is 0.795. The SMILES string of the molecule is COC(=O)C(CC(C)C)NC(=O)c1ccc(OC)c(Br)c1. The van der Waals surface area contributed by atoms with Crippen molar-refractivity contribution in [2.24, 2.45) is 5.92 Å². The fourth-order valence-corrected chi connectivity index (χ4v) is 2.42. The lowest BCUT2D eigenvalue weighted by atomic mass is 10.0. The van der Waals surface area contributed by atoms with Gasteiger partial charge >= 0.3 is 5.97 Å². The molecule has 0 aliphatic heterocycles. The van der Waals surface area contributed by atoms with Crippen LogP contribution >= 0.6 is 15.9 Å². The molecule has 116 valence electrons. The van der Waals surface area contributed by atoms with Gasteiger partial charge in [-0.25, -0.2) is 4.79 Å². The van der Waals surface area contributed by atoms with Crippen LogP contribution in [0.3, 0.4) is 0 Å². The van der Waals surface area contributed by atoms with Gasteiger partial charge in [0.25, 0.3) is 5.91 Å². The van der Waals surface area contributed by atoms with Gasteiger partial charge < -0.3 is 14.8 Å². The van der Waals surface area contributed by atoms with Crippen LogP contribution in [0.15, 0.2) is 22.7 Å². The fourth-order valence-electron chi connectivity index (χ4n) is 1.88. The molecule has 21 heavy (non-hydrogen) atoms. The summed E-state index contributed by atoms with van der Waals surface area (Å²) >= 11 is 3.33. The van der Waals surface area contributed by atoms with Crippen molar-refractivity contribution >= 4 is 27.8 Å². The van der Waals surface area contributed by atoms with E-state index >= 15 is 0 Å². The smallest absolute Gasteiger partial charge is 0.328 e. The molecule has 0 spiro atoms. The van der Waals surface area contributed by atoms with Crippen LogP contribution in [0.25, 0.3) is 0 Å². The van der Waals surface area contributed by atoms with E-state index in [1.165, 1.54) is 7.11 Å². The molecule has 0 aromatic heterocycles. The maximum Gasteiger partial charge on any atom is 0.328 e. The van der Waals surface area contributed by atoms with Gasteiger partial charge in [-0.15, -0.1) is 0 Å². The van der Waals surface area contributed by atoms with E-state index in [0.29, 0.717) is 22.2 Å².